The molecule has 30 heavy (non-hydrogen) atoms. The highest BCUT2D eigenvalue weighted by Gasteiger charge is 2.29. The van der Waals surface area contributed by atoms with Crippen LogP contribution in [0.25, 0.3) is 28.2 Å². The zero-order valence-corrected chi connectivity index (χ0v) is 17.6. The molecule has 5 rings (SSSR count). The molecule has 2 heterocycles. The van der Waals surface area contributed by atoms with Crippen LogP contribution in [0, 0.1) is 0 Å². The van der Waals surface area contributed by atoms with Crippen LogP contribution in [0.5, 0.6) is 0 Å². The third-order valence-electron chi connectivity index (χ3n) is 5.25. The highest BCUT2D eigenvalue weighted by atomic mass is 79.9. The van der Waals surface area contributed by atoms with Gasteiger partial charge in [0.05, 0.1) is 27.9 Å². The maximum absolute atomic E-state index is 13.4. The predicted octanol–water partition coefficient (Wildman–Crippen LogP) is 4.67. The third-order valence-corrected chi connectivity index (χ3v) is 5.78. The summed E-state index contributed by atoms with van der Waals surface area (Å²) < 4.78 is 2.46. The Labute approximate surface area is 181 Å². The van der Waals surface area contributed by atoms with E-state index in [2.05, 4.69) is 15.9 Å². The molecule has 1 aliphatic rings. The van der Waals surface area contributed by atoms with Gasteiger partial charge in [0.25, 0.3) is 11.5 Å². The van der Waals surface area contributed by atoms with Crippen LogP contribution < -0.4 is 10.5 Å². The number of likely N-dealkylation sites (N-methyl/N-ethyl adjacent to an activating group) is 1. The van der Waals surface area contributed by atoms with E-state index in [1.54, 1.807) is 34.7 Å². The van der Waals surface area contributed by atoms with Crippen molar-refractivity contribution in [1.29, 1.82) is 0 Å². The second-order valence-electron chi connectivity index (χ2n) is 7.04. The third kappa shape index (κ3) is 2.88. The highest BCUT2D eigenvalue weighted by Crippen LogP contribution is 2.36. The summed E-state index contributed by atoms with van der Waals surface area (Å²) in [5, 5.41) is 0.526. The second kappa shape index (κ2) is 7.07. The molecule has 1 amide bonds. The summed E-state index contributed by atoms with van der Waals surface area (Å²) in [6.07, 6.45) is 1.71. The minimum atomic E-state index is -0.179. The molecular formula is C24H16BrN3O2. The number of halogens is 1. The molecule has 0 spiro atoms. The molecule has 3 aromatic carbocycles. The quantitative estimate of drug-likeness (QED) is 0.411. The van der Waals surface area contributed by atoms with Crippen molar-refractivity contribution in [1.82, 2.24) is 9.55 Å². The Kier molecular flexibility index (Phi) is 4.37. The maximum atomic E-state index is 13.4. The van der Waals surface area contributed by atoms with E-state index in [1.807, 2.05) is 60.7 Å². The largest absolute Gasteiger partial charge is 0.311 e. The first kappa shape index (κ1) is 18.5. The van der Waals surface area contributed by atoms with Gasteiger partial charge in [-0.05, 0) is 48.5 Å². The van der Waals surface area contributed by atoms with Crippen LogP contribution in [0.1, 0.15) is 11.4 Å². The lowest BCUT2D eigenvalue weighted by molar-refractivity contribution is -0.112. The van der Waals surface area contributed by atoms with Crippen molar-refractivity contribution in [2.75, 3.05) is 11.9 Å². The molecule has 0 fully saturated rings. The van der Waals surface area contributed by atoms with Crippen LogP contribution in [0.2, 0.25) is 0 Å². The van der Waals surface area contributed by atoms with Crippen LogP contribution in [-0.2, 0) is 4.79 Å². The number of nitrogens with zero attached hydrogens (tertiary/aromatic N) is 3. The zero-order valence-electron chi connectivity index (χ0n) is 16.0. The van der Waals surface area contributed by atoms with Crippen LogP contribution in [0.3, 0.4) is 0 Å². The zero-order chi connectivity index (χ0) is 20.8. The summed E-state index contributed by atoms with van der Waals surface area (Å²) >= 11 is 3.43. The summed E-state index contributed by atoms with van der Waals surface area (Å²) in [6.45, 7) is 0. The van der Waals surface area contributed by atoms with E-state index in [4.69, 9.17) is 4.98 Å². The Hall–Kier alpha value is -3.51. The standard InChI is InChI=1S/C24H16BrN3O2/c1-27-21-9-5-3-6-17(21)19(23(27)29)14-22-26-20-8-4-2-7-18(20)24(30)28(22)16-12-10-15(25)11-13-16/h2-14H,1H3/b19-14+. The molecule has 1 aliphatic heterocycles. The van der Waals surface area contributed by atoms with Gasteiger partial charge in [-0.25, -0.2) is 4.98 Å². The first-order chi connectivity index (χ1) is 14.5. The molecule has 5 nitrogen and oxygen atoms in total. The molecule has 4 aromatic rings. The molecular weight excluding hydrogens is 442 g/mol. The Morgan fingerprint density at radius 2 is 1.60 bits per heavy atom. The number of hydrogen-bond donors (Lipinski definition) is 0. The van der Waals surface area contributed by atoms with Crippen molar-refractivity contribution in [3.63, 3.8) is 0 Å². The van der Waals surface area contributed by atoms with Crippen molar-refractivity contribution >= 4 is 50.1 Å². The van der Waals surface area contributed by atoms with Gasteiger partial charge in [-0.2, -0.15) is 0 Å². The average molecular weight is 458 g/mol. The normalized spacial score (nSPS) is 14.5. The molecule has 0 bridgehead atoms. The molecule has 0 atom stereocenters. The van der Waals surface area contributed by atoms with Gasteiger partial charge in [0.1, 0.15) is 5.82 Å². The first-order valence-corrected chi connectivity index (χ1v) is 10.2. The number of para-hydroxylation sites is 2. The second-order valence-corrected chi connectivity index (χ2v) is 7.96. The lowest BCUT2D eigenvalue weighted by Gasteiger charge is -2.12. The van der Waals surface area contributed by atoms with E-state index < -0.39 is 0 Å². The van der Waals surface area contributed by atoms with Gasteiger partial charge in [0.15, 0.2) is 0 Å². The Balaban J connectivity index is 1.82. The van der Waals surface area contributed by atoms with Crippen molar-refractivity contribution in [3.8, 4) is 5.69 Å². The molecule has 0 saturated carbocycles. The summed E-state index contributed by atoms with van der Waals surface area (Å²) in [4.78, 5) is 32.7. The molecule has 146 valence electrons. The number of anilines is 1. The molecule has 0 N–H and O–H groups in total. The number of carbonyl (C=O) groups excluding carboxylic acids is 1. The molecule has 0 saturated heterocycles. The lowest BCUT2D eigenvalue weighted by atomic mass is 10.1. The van der Waals surface area contributed by atoms with Crippen LogP contribution >= 0.6 is 15.9 Å². The Bertz CT molecular complexity index is 1400. The topological polar surface area (TPSA) is 55.2 Å². The summed E-state index contributed by atoms with van der Waals surface area (Å²) in [6, 6.07) is 22.3. The van der Waals surface area contributed by atoms with Gasteiger partial charge >= 0.3 is 0 Å². The monoisotopic (exact) mass is 457 g/mol. The van der Waals surface area contributed by atoms with E-state index >= 15 is 0 Å². The Morgan fingerprint density at radius 3 is 2.40 bits per heavy atom. The number of hydrogen-bond acceptors (Lipinski definition) is 3. The number of fused-ring (bicyclic) bond motifs is 2. The van der Waals surface area contributed by atoms with Gasteiger partial charge in [0.2, 0.25) is 0 Å². The fraction of sp³-hybridized carbons (Fsp3) is 0.0417. The minimum absolute atomic E-state index is 0.124. The lowest BCUT2D eigenvalue weighted by Crippen LogP contribution is -2.23. The summed E-state index contributed by atoms with van der Waals surface area (Å²) in [7, 11) is 1.75. The van der Waals surface area contributed by atoms with Crippen molar-refractivity contribution in [2.24, 2.45) is 0 Å². The van der Waals surface area contributed by atoms with Gasteiger partial charge in [0, 0.05) is 17.1 Å². The minimum Gasteiger partial charge on any atom is -0.311 e. The SMILES string of the molecule is CN1C(=O)/C(=C/c2nc3ccccc3c(=O)n2-c2ccc(Br)cc2)c2ccccc21. The highest BCUT2D eigenvalue weighted by molar-refractivity contribution is 9.10. The average Bonchev–Trinajstić information content (AvgIpc) is 3.00. The number of carbonyl (C=O) groups is 1. The fourth-order valence-corrected chi connectivity index (χ4v) is 4.02. The van der Waals surface area contributed by atoms with Crippen molar-refractivity contribution in [3.05, 3.63) is 99.0 Å². The van der Waals surface area contributed by atoms with Crippen molar-refractivity contribution < 1.29 is 4.79 Å². The van der Waals surface area contributed by atoms with Crippen LogP contribution in [-0.4, -0.2) is 22.5 Å². The number of amides is 1. The number of rotatable bonds is 2. The van der Waals surface area contributed by atoms with Crippen molar-refractivity contribution in [2.45, 2.75) is 0 Å². The fourth-order valence-electron chi connectivity index (χ4n) is 3.75. The van der Waals surface area contributed by atoms with Crippen LogP contribution in [0.4, 0.5) is 5.69 Å². The smallest absolute Gasteiger partial charge is 0.266 e. The molecule has 0 radical (unpaired) electrons. The van der Waals surface area contributed by atoms with Gasteiger partial charge < -0.3 is 4.90 Å². The van der Waals surface area contributed by atoms with Gasteiger partial charge in [-0.1, -0.05) is 46.3 Å². The Morgan fingerprint density at radius 1 is 0.900 bits per heavy atom. The van der Waals surface area contributed by atoms with Gasteiger partial charge in [-0.15, -0.1) is 0 Å². The van der Waals surface area contributed by atoms with E-state index in [0.717, 1.165) is 15.7 Å². The summed E-state index contributed by atoms with van der Waals surface area (Å²) in [5.41, 5.74) is 3.28. The van der Waals surface area contributed by atoms with E-state index in [0.29, 0.717) is 28.0 Å². The molecule has 0 unspecified atom stereocenters. The number of aromatic nitrogens is 2. The van der Waals surface area contributed by atoms with Gasteiger partial charge in [-0.3, -0.25) is 14.2 Å². The number of benzene rings is 3. The first-order valence-electron chi connectivity index (χ1n) is 9.41. The van der Waals surface area contributed by atoms with E-state index in [1.165, 1.54) is 0 Å². The molecule has 1 aromatic heterocycles. The maximum Gasteiger partial charge on any atom is 0.266 e. The predicted molar refractivity (Wildman–Crippen MR) is 123 cm³/mol. The molecule has 0 aliphatic carbocycles. The van der Waals surface area contributed by atoms with Crippen LogP contribution in [0.15, 0.2) is 82.1 Å². The van der Waals surface area contributed by atoms with E-state index in [9.17, 15) is 9.59 Å². The molecule has 6 heteroatoms. The van der Waals surface area contributed by atoms with E-state index in [-0.39, 0.29) is 11.5 Å². The summed E-state index contributed by atoms with van der Waals surface area (Å²) in [5.74, 6) is 0.287.